The Kier molecular flexibility index (Phi) is 1.47. The summed E-state index contributed by atoms with van der Waals surface area (Å²) in [6.45, 7) is 0. The number of fused-ring (bicyclic) bond motifs is 2. The van der Waals surface area contributed by atoms with Crippen LogP contribution in [0.1, 0.15) is 10.4 Å². The van der Waals surface area contributed by atoms with Crippen molar-refractivity contribution in [1.82, 2.24) is 0 Å². The summed E-state index contributed by atoms with van der Waals surface area (Å²) in [6.07, 6.45) is 0. The summed E-state index contributed by atoms with van der Waals surface area (Å²) >= 11 is 0. The maximum atomic E-state index is 11.7. The molecule has 4 rings (SSSR count). The number of ether oxygens (including phenoxy) is 1. The van der Waals surface area contributed by atoms with E-state index in [-0.39, 0.29) is 5.97 Å². The van der Waals surface area contributed by atoms with Crippen LogP contribution in [0.25, 0.3) is 21.5 Å². The summed E-state index contributed by atoms with van der Waals surface area (Å²) in [7, 11) is 0. The van der Waals surface area contributed by atoms with Crippen LogP contribution in [0, 0.1) is 0 Å². The number of hydrogen-bond donors (Lipinski definition) is 0. The van der Waals surface area contributed by atoms with E-state index in [0.717, 1.165) is 21.5 Å². The first-order chi connectivity index (χ1) is 8.34. The molecule has 0 unspecified atom stereocenters. The van der Waals surface area contributed by atoms with Gasteiger partial charge in [0.2, 0.25) is 0 Å². The van der Waals surface area contributed by atoms with Crippen LogP contribution < -0.4 is 4.74 Å². The minimum atomic E-state index is -0.249. The molecule has 0 N–H and O–H groups in total. The highest BCUT2D eigenvalue weighted by atomic mass is 16.5. The predicted octanol–water partition coefficient (Wildman–Crippen LogP) is 3.53. The Morgan fingerprint density at radius 3 is 2.65 bits per heavy atom. The Hall–Kier alpha value is -2.35. The molecule has 0 radical (unpaired) electrons. The average Bonchev–Trinajstić information content (AvgIpc) is 2.68. The fourth-order valence-electron chi connectivity index (χ4n) is 2.53. The molecule has 0 aliphatic carbocycles. The van der Waals surface area contributed by atoms with Gasteiger partial charge < -0.3 is 4.74 Å². The Balaban J connectivity index is 2.35. The zero-order chi connectivity index (χ0) is 11.4. The molecule has 0 amide bonds. The number of hydrogen-bond acceptors (Lipinski definition) is 2. The van der Waals surface area contributed by atoms with Gasteiger partial charge in [0.1, 0.15) is 5.75 Å². The number of esters is 1. The van der Waals surface area contributed by atoms with Crippen LogP contribution in [-0.2, 0) is 0 Å². The van der Waals surface area contributed by atoms with Crippen LogP contribution in [0.4, 0.5) is 0 Å². The van der Waals surface area contributed by atoms with Gasteiger partial charge in [-0.2, -0.15) is 0 Å². The van der Waals surface area contributed by atoms with E-state index in [1.165, 1.54) is 0 Å². The van der Waals surface area contributed by atoms with Crippen molar-refractivity contribution in [2.75, 3.05) is 0 Å². The maximum absolute atomic E-state index is 11.7. The summed E-state index contributed by atoms with van der Waals surface area (Å²) in [5, 5.41) is 4.28. The van der Waals surface area contributed by atoms with Gasteiger partial charge in [-0.1, -0.05) is 36.4 Å². The molecule has 2 nitrogen and oxygen atoms in total. The van der Waals surface area contributed by atoms with E-state index in [9.17, 15) is 4.79 Å². The monoisotopic (exact) mass is 220 g/mol. The maximum Gasteiger partial charge on any atom is 0.344 e. The lowest BCUT2D eigenvalue weighted by Crippen LogP contribution is -2.00. The van der Waals surface area contributed by atoms with Crippen LogP contribution in [0.5, 0.6) is 5.75 Å². The van der Waals surface area contributed by atoms with Crippen molar-refractivity contribution in [3.05, 3.63) is 54.1 Å². The van der Waals surface area contributed by atoms with Gasteiger partial charge in [0.25, 0.3) is 0 Å². The minimum absolute atomic E-state index is 0.249. The fourth-order valence-corrected chi connectivity index (χ4v) is 2.53. The lowest BCUT2D eigenvalue weighted by atomic mass is 9.99. The largest absolute Gasteiger partial charge is 0.422 e. The molecule has 0 atom stereocenters. The van der Waals surface area contributed by atoms with Gasteiger partial charge >= 0.3 is 5.97 Å². The standard InChI is InChI=1S/C15H8O2/c16-15-12-7-3-6-11-10-5-2-1-4-9(10)8-13(17-15)14(11)12/h1-8H. The Labute approximate surface area is 97.4 Å². The highest BCUT2D eigenvalue weighted by molar-refractivity contribution is 6.20. The van der Waals surface area contributed by atoms with E-state index in [1.54, 1.807) is 0 Å². The van der Waals surface area contributed by atoms with E-state index >= 15 is 0 Å². The van der Waals surface area contributed by atoms with Gasteiger partial charge in [0.05, 0.1) is 5.56 Å². The van der Waals surface area contributed by atoms with Crippen LogP contribution >= 0.6 is 0 Å². The molecule has 17 heavy (non-hydrogen) atoms. The van der Waals surface area contributed by atoms with Gasteiger partial charge in [-0.15, -0.1) is 0 Å². The second kappa shape index (κ2) is 2.86. The topological polar surface area (TPSA) is 26.3 Å². The van der Waals surface area contributed by atoms with Gasteiger partial charge in [0, 0.05) is 5.39 Å². The van der Waals surface area contributed by atoms with Gasteiger partial charge in [0.15, 0.2) is 0 Å². The third-order valence-electron chi connectivity index (χ3n) is 3.27. The predicted molar refractivity (Wildman–Crippen MR) is 66.4 cm³/mol. The van der Waals surface area contributed by atoms with E-state index < -0.39 is 0 Å². The lowest BCUT2D eigenvalue weighted by molar-refractivity contribution is 0.0754. The minimum Gasteiger partial charge on any atom is -0.422 e. The molecule has 0 saturated heterocycles. The van der Waals surface area contributed by atoms with Crippen LogP contribution in [0.2, 0.25) is 0 Å². The highest BCUT2D eigenvalue weighted by Gasteiger charge is 2.24. The summed E-state index contributed by atoms with van der Waals surface area (Å²) < 4.78 is 5.29. The van der Waals surface area contributed by atoms with Crippen LogP contribution in [0.3, 0.4) is 0 Å². The first-order valence-electron chi connectivity index (χ1n) is 5.51. The Bertz CT molecular complexity index is 787. The summed E-state index contributed by atoms with van der Waals surface area (Å²) in [5.41, 5.74) is 0.670. The molecule has 0 bridgehead atoms. The quantitative estimate of drug-likeness (QED) is 0.329. The highest BCUT2D eigenvalue weighted by Crippen LogP contribution is 2.39. The molecule has 0 fully saturated rings. The summed E-state index contributed by atoms with van der Waals surface area (Å²) in [6, 6.07) is 15.8. The third-order valence-corrected chi connectivity index (χ3v) is 3.27. The van der Waals surface area contributed by atoms with Crippen LogP contribution in [-0.4, -0.2) is 5.97 Å². The zero-order valence-corrected chi connectivity index (χ0v) is 8.94. The Morgan fingerprint density at radius 1 is 0.882 bits per heavy atom. The van der Waals surface area contributed by atoms with Crippen molar-refractivity contribution < 1.29 is 9.53 Å². The third kappa shape index (κ3) is 1.02. The smallest absolute Gasteiger partial charge is 0.344 e. The molecule has 0 aromatic heterocycles. The molecule has 1 aliphatic heterocycles. The van der Waals surface area contributed by atoms with Crippen LogP contribution in [0.15, 0.2) is 48.5 Å². The van der Waals surface area contributed by atoms with Gasteiger partial charge in [-0.25, -0.2) is 4.79 Å². The van der Waals surface area contributed by atoms with Crippen molar-refractivity contribution in [3.63, 3.8) is 0 Å². The second-order valence-electron chi connectivity index (χ2n) is 4.21. The molecule has 3 aromatic rings. The van der Waals surface area contributed by atoms with E-state index in [2.05, 4.69) is 6.07 Å². The van der Waals surface area contributed by atoms with Gasteiger partial charge in [-0.05, 0) is 28.3 Å². The van der Waals surface area contributed by atoms with Crippen molar-refractivity contribution in [2.24, 2.45) is 0 Å². The van der Waals surface area contributed by atoms with Crippen molar-refractivity contribution in [1.29, 1.82) is 0 Å². The average molecular weight is 220 g/mol. The molecule has 1 aliphatic rings. The molecular weight excluding hydrogens is 212 g/mol. The summed E-state index contributed by atoms with van der Waals surface area (Å²) in [5.74, 6) is 0.431. The van der Waals surface area contributed by atoms with E-state index in [4.69, 9.17) is 4.74 Å². The molecule has 80 valence electrons. The molecule has 3 aromatic carbocycles. The van der Waals surface area contributed by atoms with Gasteiger partial charge in [-0.3, -0.25) is 0 Å². The van der Waals surface area contributed by atoms with Crippen molar-refractivity contribution in [2.45, 2.75) is 0 Å². The number of carbonyl (C=O) groups is 1. The lowest BCUT2D eigenvalue weighted by Gasteiger charge is -2.04. The molecule has 0 saturated carbocycles. The second-order valence-corrected chi connectivity index (χ2v) is 4.21. The number of benzene rings is 3. The first-order valence-corrected chi connectivity index (χ1v) is 5.51. The first kappa shape index (κ1) is 8.76. The van der Waals surface area contributed by atoms with E-state index in [1.807, 2.05) is 42.5 Å². The molecule has 2 heteroatoms. The number of carbonyl (C=O) groups excluding carboxylic acids is 1. The van der Waals surface area contributed by atoms with E-state index in [0.29, 0.717) is 11.3 Å². The molecule has 1 heterocycles. The summed E-state index contributed by atoms with van der Waals surface area (Å²) in [4.78, 5) is 11.7. The molecule has 0 spiro atoms. The van der Waals surface area contributed by atoms with Crippen molar-refractivity contribution in [3.8, 4) is 5.75 Å². The SMILES string of the molecule is O=C1Oc2cc3ccccc3c3cccc1c23. The normalized spacial score (nSPS) is 13.3. The fraction of sp³-hybridized carbons (Fsp3) is 0. The molecular formula is C15H8O2. The Morgan fingerprint density at radius 2 is 1.71 bits per heavy atom. The zero-order valence-electron chi connectivity index (χ0n) is 8.94. The number of rotatable bonds is 0. The van der Waals surface area contributed by atoms with Crippen molar-refractivity contribution >= 4 is 27.5 Å².